The third-order valence-corrected chi connectivity index (χ3v) is 3.86. The van der Waals surface area contributed by atoms with Crippen LogP contribution in [0.4, 0.5) is 0 Å². The lowest BCUT2D eigenvalue weighted by Crippen LogP contribution is -2.51. The van der Waals surface area contributed by atoms with E-state index in [1.807, 2.05) is 19.1 Å². The van der Waals surface area contributed by atoms with Gasteiger partial charge in [-0.15, -0.1) is 11.3 Å². The van der Waals surface area contributed by atoms with E-state index in [4.69, 9.17) is 5.11 Å². The quantitative estimate of drug-likeness (QED) is 0.894. The normalized spacial score (nSPS) is 11.3. The number of hydrogen-bond acceptors (Lipinski definition) is 3. The molecule has 0 unspecified atom stereocenters. The predicted molar refractivity (Wildman–Crippen MR) is 67.2 cm³/mol. The van der Waals surface area contributed by atoms with E-state index in [0.29, 0.717) is 0 Å². The van der Waals surface area contributed by atoms with Gasteiger partial charge in [-0.25, -0.2) is 4.79 Å². The highest BCUT2D eigenvalue weighted by atomic mass is 32.1. The van der Waals surface area contributed by atoms with Crippen molar-refractivity contribution in [3.63, 3.8) is 0 Å². The lowest BCUT2D eigenvalue weighted by molar-refractivity contribution is -0.155. The number of carboxylic acid groups (broad SMARTS) is 1. The van der Waals surface area contributed by atoms with Crippen molar-refractivity contribution in [1.29, 1.82) is 0 Å². The van der Waals surface area contributed by atoms with Gasteiger partial charge in [-0.2, -0.15) is 0 Å². The molecule has 0 aliphatic rings. The molecular formula is C12H17NO3S. The van der Waals surface area contributed by atoms with E-state index in [-0.39, 0.29) is 12.3 Å². The number of hydrogen-bond donors (Lipinski definition) is 1. The van der Waals surface area contributed by atoms with Crippen molar-refractivity contribution in [2.75, 3.05) is 7.05 Å². The standard InChI is InChI=1S/C12H17NO3S/c1-8-5-6-9(17-8)7-10(14)13(4)12(2,3)11(15)16/h5-6H,7H2,1-4H3,(H,15,16). The molecule has 0 aliphatic heterocycles. The Morgan fingerprint density at radius 3 is 2.41 bits per heavy atom. The van der Waals surface area contributed by atoms with Crippen LogP contribution in [0.5, 0.6) is 0 Å². The van der Waals surface area contributed by atoms with Gasteiger partial charge in [0.2, 0.25) is 5.91 Å². The van der Waals surface area contributed by atoms with Crippen molar-refractivity contribution in [3.05, 3.63) is 21.9 Å². The molecule has 4 nitrogen and oxygen atoms in total. The monoisotopic (exact) mass is 255 g/mol. The van der Waals surface area contributed by atoms with E-state index >= 15 is 0 Å². The van der Waals surface area contributed by atoms with Crippen LogP contribution in [-0.4, -0.2) is 34.5 Å². The number of aryl methyl sites for hydroxylation is 1. The van der Waals surface area contributed by atoms with Crippen LogP contribution in [0.1, 0.15) is 23.6 Å². The highest BCUT2D eigenvalue weighted by Crippen LogP contribution is 2.19. The van der Waals surface area contributed by atoms with E-state index in [1.54, 1.807) is 11.3 Å². The minimum Gasteiger partial charge on any atom is -0.480 e. The molecule has 0 saturated carbocycles. The summed E-state index contributed by atoms with van der Waals surface area (Å²) in [7, 11) is 1.52. The van der Waals surface area contributed by atoms with E-state index in [0.717, 1.165) is 9.75 Å². The Morgan fingerprint density at radius 2 is 2.00 bits per heavy atom. The second-order valence-corrected chi connectivity index (χ2v) is 5.88. The second-order valence-electron chi connectivity index (χ2n) is 4.51. The fraction of sp³-hybridized carbons (Fsp3) is 0.500. The molecule has 0 spiro atoms. The first-order valence-electron chi connectivity index (χ1n) is 5.30. The summed E-state index contributed by atoms with van der Waals surface area (Å²) < 4.78 is 0. The molecule has 0 aromatic carbocycles. The summed E-state index contributed by atoms with van der Waals surface area (Å²) in [6, 6.07) is 3.86. The summed E-state index contributed by atoms with van der Waals surface area (Å²) in [5, 5.41) is 9.04. The number of thiophene rings is 1. The molecule has 1 rings (SSSR count). The van der Waals surface area contributed by atoms with Crippen molar-refractivity contribution in [2.24, 2.45) is 0 Å². The molecule has 0 bridgehead atoms. The van der Waals surface area contributed by atoms with Gasteiger partial charge in [0, 0.05) is 16.8 Å². The van der Waals surface area contributed by atoms with Crippen molar-refractivity contribution < 1.29 is 14.7 Å². The minimum absolute atomic E-state index is 0.181. The number of carbonyl (C=O) groups excluding carboxylic acids is 1. The first-order chi connectivity index (χ1) is 7.75. The molecule has 1 aromatic heterocycles. The highest BCUT2D eigenvalue weighted by molar-refractivity contribution is 7.12. The largest absolute Gasteiger partial charge is 0.480 e. The van der Waals surface area contributed by atoms with Crippen molar-refractivity contribution >= 4 is 23.2 Å². The van der Waals surface area contributed by atoms with Gasteiger partial charge in [0.15, 0.2) is 0 Å². The Bertz CT molecular complexity index is 437. The van der Waals surface area contributed by atoms with Crippen LogP contribution in [-0.2, 0) is 16.0 Å². The van der Waals surface area contributed by atoms with E-state index in [9.17, 15) is 9.59 Å². The molecular weight excluding hydrogens is 238 g/mol. The number of likely N-dealkylation sites (N-methyl/N-ethyl adjacent to an activating group) is 1. The Hall–Kier alpha value is -1.36. The Kier molecular flexibility index (Phi) is 3.93. The topological polar surface area (TPSA) is 57.6 Å². The zero-order valence-corrected chi connectivity index (χ0v) is 11.3. The van der Waals surface area contributed by atoms with Gasteiger partial charge in [-0.1, -0.05) is 0 Å². The number of carbonyl (C=O) groups is 2. The molecule has 5 heteroatoms. The first kappa shape index (κ1) is 13.7. The Balaban J connectivity index is 2.74. The molecule has 0 aliphatic carbocycles. The van der Waals surface area contributed by atoms with Gasteiger partial charge in [0.25, 0.3) is 0 Å². The average Bonchev–Trinajstić information content (AvgIpc) is 2.62. The number of carboxylic acids is 1. The third kappa shape index (κ3) is 3.06. The smallest absolute Gasteiger partial charge is 0.329 e. The van der Waals surface area contributed by atoms with Crippen LogP contribution in [0.15, 0.2) is 12.1 Å². The molecule has 1 N–H and O–H groups in total. The van der Waals surface area contributed by atoms with Gasteiger partial charge in [0.05, 0.1) is 6.42 Å². The number of aliphatic carboxylic acids is 1. The van der Waals surface area contributed by atoms with Crippen LogP contribution in [0.25, 0.3) is 0 Å². The SMILES string of the molecule is Cc1ccc(CC(=O)N(C)C(C)(C)C(=O)O)s1. The van der Waals surface area contributed by atoms with Gasteiger partial charge in [-0.3, -0.25) is 4.79 Å². The Labute approximate surface area is 105 Å². The van der Waals surface area contributed by atoms with Crippen molar-refractivity contribution in [2.45, 2.75) is 32.7 Å². The summed E-state index contributed by atoms with van der Waals surface area (Å²) in [6.07, 6.45) is 0.256. The number of amides is 1. The molecule has 1 heterocycles. The molecule has 17 heavy (non-hydrogen) atoms. The van der Waals surface area contributed by atoms with Gasteiger partial charge >= 0.3 is 5.97 Å². The average molecular weight is 255 g/mol. The second kappa shape index (κ2) is 4.87. The summed E-state index contributed by atoms with van der Waals surface area (Å²) >= 11 is 1.56. The van der Waals surface area contributed by atoms with Crippen molar-refractivity contribution in [1.82, 2.24) is 4.90 Å². The maximum Gasteiger partial charge on any atom is 0.329 e. The van der Waals surface area contributed by atoms with Crippen LogP contribution < -0.4 is 0 Å². The summed E-state index contributed by atoms with van der Waals surface area (Å²) in [6.45, 7) is 5.02. The third-order valence-electron chi connectivity index (χ3n) is 2.86. The fourth-order valence-corrected chi connectivity index (χ4v) is 2.18. The molecule has 1 amide bonds. The maximum absolute atomic E-state index is 11.9. The molecule has 0 fully saturated rings. The molecule has 0 radical (unpaired) electrons. The Morgan fingerprint density at radius 1 is 1.41 bits per heavy atom. The van der Waals surface area contributed by atoms with E-state index < -0.39 is 11.5 Å². The van der Waals surface area contributed by atoms with Crippen molar-refractivity contribution in [3.8, 4) is 0 Å². The highest BCUT2D eigenvalue weighted by Gasteiger charge is 2.34. The van der Waals surface area contributed by atoms with Crippen LogP contribution in [0.3, 0.4) is 0 Å². The van der Waals surface area contributed by atoms with Gasteiger partial charge < -0.3 is 10.0 Å². The summed E-state index contributed by atoms with van der Waals surface area (Å²) in [5.74, 6) is -1.19. The molecule has 0 atom stereocenters. The summed E-state index contributed by atoms with van der Waals surface area (Å²) in [5.41, 5.74) is -1.18. The summed E-state index contributed by atoms with van der Waals surface area (Å²) in [4.78, 5) is 26.4. The van der Waals surface area contributed by atoms with Crippen LogP contribution in [0.2, 0.25) is 0 Å². The predicted octanol–water partition coefficient (Wildman–Crippen LogP) is 1.92. The number of nitrogens with zero attached hydrogens (tertiary/aromatic N) is 1. The van der Waals surface area contributed by atoms with E-state index in [1.165, 1.54) is 25.8 Å². The first-order valence-corrected chi connectivity index (χ1v) is 6.12. The molecule has 94 valence electrons. The fourth-order valence-electron chi connectivity index (χ4n) is 1.30. The number of rotatable bonds is 4. The zero-order valence-electron chi connectivity index (χ0n) is 10.5. The molecule has 1 aromatic rings. The minimum atomic E-state index is -1.18. The van der Waals surface area contributed by atoms with Crippen LogP contribution >= 0.6 is 11.3 Å². The maximum atomic E-state index is 11.9. The van der Waals surface area contributed by atoms with E-state index in [2.05, 4.69) is 0 Å². The lowest BCUT2D eigenvalue weighted by Gasteiger charge is -2.31. The van der Waals surface area contributed by atoms with Gasteiger partial charge in [0.1, 0.15) is 5.54 Å². The van der Waals surface area contributed by atoms with Gasteiger partial charge in [-0.05, 0) is 32.9 Å². The lowest BCUT2D eigenvalue weighted by atomic mass is 10.0. The zero-order chi connectivity index (χ0) is 13.2. The van der Waals surface area contributed by atoms with Crippen LogP contribution in [0, 0.1) is 6.92 Å². The molecule has 0 saturated heterocycles.